The molecule has 0 bridgehead atoms. The van der Waals surface area contributed by atoms with Crippen molar-refractivity contribution in [1.29, 1.82) is 0 Å². The Morgan fingerprint density at radius 2 is 1.78 bits per heavy atom. The van der Waals surface area contributed by atoms with Crippen molar-refractivity contribution in [3.63, 3.8) is 0 Å². The predicted molar refractivity (Wildman–Crippen MR) is 69.6 cm³/mol. The fourth-order valence-corrected chi connectivity index (χ4v) is 2.02. The van der Waals surface area contributed by atoms with Gasteiger partial charge in [-0.05, 0) is 38.0 Å². The van der Waals surface area contributed by atoms with Gasteiger partial charge in [-0.2, -0.15) is 0 Å². The molecule has 0 saturated heterocycles. The van der Waals surface area contributed by atoms with E-state index in [-0.39, 0.29) is 5.76 Å². The van der Waals surface area contributed by atoms with E-state index < -0.39 is 5.97 Å². The van der Waals surface area contributed by atoms with E-state index >= 15 is 0 Å². The third kappa shape index (κ3) is 2.37. The summed E-state index contributed by atoms with van der Waals surface area (Å²) in [6.07, 6.45) is 0. The zero-order valence-corrected chi connectivity index (χ0v) is 10.6. The van der Waals surface area contributed by atoms with Crippen LogP contribution < -0.4 is 5.32 Å². The quantitative estimate of drug-likeness (QED) is 0.866. The van der Waals surface area contributed by atoms with Gasteiger partial charge in [-0.15, -0.1) is 0 Å². The number of aryl methyl sites for hydroxylation is 3. The second-order valence-corrected chi connectivity index (χ2v) is 4.37. The van der Waals surface area contributed by atoms with Gasteiger partial charge in [0.1, 0.15) is 0 Å². The van der Waals surface area contributed by atoms with Gasteiger partial charge in [0.2, 0.25) is 5.76 Å². The monoisotopic (exact) mass is 245 g/mol. The maximum Gasteiger partial charge on any atom is 0.371 e. The summed E-state index contributed by atoms with van der Waals surface area (Å²) in [5.74, 6) is -0.706. The van der Waals surface area contributed by atoms with Crippen LogP contribution in [-0.4, -0.2) is 11.1 Å². The maximum absolute atomic E-state index is 10.7. The first-order chi connectivity index (χ1) is 8.47. The van der Waals surface area contributed by atoms with Crippen molar-refractivity contribution in [2.75, 3.05) is 5.32 Å². The Balaban J connectivity index is 2.31. The second-order valence-electron chi connectivity index (χ2n) is 4.37. The third-order valence-corrected chi connectivity index (χ3v) is 2.74. The van der Waals surface area contributed by atoms with Gasteiger partial charge < -0.3 is 14.8 Å². The molecule has 0 saturated carbocycles. The highest BCUT2D eigenvalue weighted by molar-refractivity contribution is 5.85. The number of nitrogens with one attached hydrogen (secondary N) is 1. The van der Waals surface area contributed by atoms with Gasteiger partial charge >= 0.3 is 5.97 Å². The van der Waals surface area contributed by atoms with E-state index in [1.165, 1.54) is 11.6 Å². The zero-order valence-electron chi connectivity index (χ0n) is 10.6. The molecule has 0 fully saturated rings. The number of carboxylic acid groups (broad SMARTS) is 1. The van der Waals surface area contributed by atoms with Gasteiger partial charge in [0.15, 0.2) is 5.88 Å². The highest BCUT2D eigenvalue weighted by Crippen LogP contribution is 2.26. The van der Waals surface area contributed by atoms with Crippen LogP contribution in [0.3, 0.4) is 0 Å². The van der Waals surface area contributed by atoms with Crippen molar-refractivity contribution in [2.24, 2.45) is 0 Å². The minimum absolute atomic E-state index is 0.0695. The Labute approximate surface area is 105 Å². The zero-order chi connectivity index (χ0) is 13.3. The smallest absolute Gasteiger partial charge is 0.371 e. The van der Waals surface area contributed by atoms with Crippen molar-refractivity contribution >= 4 is 17.5 Å². The first kappa shape index (κ1) is 12.2. The molecular formula is C14H15NO3. The number of hydrogen-bond acceptors (Lipinski definition) is 3. The summed E-state index contributed by atoms with van der Waals surface area (Å²) in [4.78, 5) is 10.7. The van der Waals surface area contributed by atoms with Crippen molar-refractivity contribution in [1.82, 2.24) is 0 Å². The van der Waals surface area contributed by atoms with E-state index in [1.54, 1.807) is 6.07 Å². The lowest BCUT2D eigenvalue weighted by molar-refractivity contribution is 0.0663. The van der Waals surface area contributed by atoms with Crippen molar-refractivity contribution < 1.29 is 14.3 Å². The molecular weight excluding hydrogens is 230 g/mol. The van der Waals surface area contributed by atoms with Crippen LogP contribution in [0.4, 0.5) is 11.6 Å². The van der Waals surface area contributed by atoms with Crippen LogP contribution in [-0.2, 0) is 0 Å². The first-order valence-corrected chi connectivity index (χ1v) is 5.65. The molecule has 2 rings (SSSR count). The molecule has 94 valence electrons. The van der Waals surface area contributed by atoms with Gasteiger partial charge in [0, 0.05) is 11.8 Å². The van der Waals surface area contributed by atoms with Crippen LogP contribution in [0, 0.1) is 20.8 Å². The molecule has 2 aromatic rings. The second kappa shape index (κ2) is 4.56. The molecule has 0 unspecified atom stereocenters. The number of anilines is 2. The van der Waals surface area contributed by atoms with Crippen LogP contribution in [0.25, 0.3) is 0 Å². The molecule has 18 heavy (non-hydrogen) atoms. The Hall–Kier alpha value is -2.23. The topological polar surface area (TPSA) is 62.5 Å². The maximum atomic E-state index is 10.7. The summed E-state index contributed by atoms with van der Waals surface area (Å²) in [6.45, 7) is 6.05. The SMILES string of the molecule is Cc1cc(C)c(Nc2ccc(C(=O)O)o2)c(C)c1. The van der Waals surface area contributed by atoms with Crippen LogP contribution in [0.2, 0.25) is 0 Å². The minimum atomic E-state index is -1.07. The summed E-state index contributed by atoms with van der Waals surface area (Å²) in [7, 11) is 0. The van der Waals surface area contributed by atoms with Gasteiger partial charge in [-0.1, -0.05) is 17.7 Å². The van der Waals surface area contributed by atoms with Crippen LogP contribution in [0.15, 0.2) is 28.7 Å². The van der Waals surface area contributed by atoms with E-state index in [2.05, 4.69) is 17.4 Å². The Morgan fingerprint density at radius 3 is 2.28 bits per heavy atom. The Kier molecular flexibility index (Phi) is 3.10. The number of hydrogen-bond donors (Lipinski definition) is 2. The van der Waals surface area contributed by atoms with Crippen molar-refractivity contribution in [2.45, 2.75) is 20.8 Å². The lowest BCUT2D eigenvalue weighted by Gasteiger charge is -2.11. The Morgan fingerprint density at radius 1 is 1.17 bits per heavy atom. The number of furan rings is 1. The van der Waals surface area contributed by atoms with E-state index in [1.807, 2.05) is 20.8 Å². The molecule has 2 N–H and O–H groups in total. The lowest BCUT2D eigenvalue weighted by atomic mass is 10.1. The highest BCUT2D eigenvalue weighted by Gasteiger charge is 2.10. The van der Waals surface area contributed by atoms with Crippen molar-refractivity contribution in [3.8, 4) is 0 Å². The van der Waals surface area contributed by atoms with Crippen LogP contribution in [0.1, 0.15) is 27.2 Å². The summed E-state index contributed by atoms with van der Waals surface area (Å²) in [5.41, 5.74) is 4.34. The summed E-state index contributed by atoms with van der Waals surface area (Å²) in [6, 6.07) is 7.18. The standard InChI is InChI=1S/C14H15NO3/c1-8-6-9(2)13(10(3)7-8)15-12-5-4-11(18-12)14(16)17/h4-7,15H,1-3H3,(H,16,17). The number of rotatable bonds is 3. The lowest BCUT2D eigenvalue weighted by Crippen LogP contribution is -1.96. The van der Waals surface area contributed by atoms with Crippen molar-refractivity contribution in [3.05, 3.63) is 46.7 Å². The average molecular weight is 245 g/mol. The number of benzene rings is 1. The molecule has 0 radical (unpaired) electrons. The Bertz CT molecular complexity index is 576. The summed E-state index contributed by atoms with van der Waals surface area (Å²) in [5, 5.41) is 11.9. The normalized spacial score (nSPS) is 10.4. The fourth-order valence-electron chi connectivity index (χ4n) is 2.02. The van der Waals surface area contributed by atoms with E-state index in [0.29, 0.717) is 5.88 Å². The molecule has 0 aliphatic heterocycles. The molecule has 4 heteroatoms. The molecule has 0 amide bonds. The van der Waals surface area contributed by atoms with E-state index in [4.69, 9.17) is 9.52 Å². The van der Waals surface area contributed by atoms with E-state index in [0.717, 1.165) is 16.8 Å². The average Bonchev–Trinajstić information content (AvgIpc) is 2.71. The molecule has 1 aromatic carbocycles. The van der Waals surface area contributed by atoms with Gasteiger partial charge in [0.05, 0.1) is 0 Å². The predicted octanol–water partition coefficient (Wildman–Crippen LogP) is 3.65. The van der Waals surface area contributed by atoms with Gasteiger partial charge in [-0.3, -0.25) is 0 Å². The largest absolute Gasteiger partial charge is 0.475 e. The minimum Gasteiger partial charge on any atom is -0.475 e. The number of carboxylic acids is 1. The third-order valence-electron chi connectivity index (χ3n) is 2.74. The van der Waals surface area contributed by atoms with Crippen LogP contribution >= 0.6 is 0 Å². The first-order valence-electron chi connectivity index (χ1n) is 5.65. The number of carbonyl (C=O) groups is 1. The van der Waals surface area contributed by atoms with Gasteiger partial charge in [0.25, 0.3) is 0 Å². The molecule has 0 atom stereocenters. The fraction of sp³-hybridized carbons (Fsp3) is 0.214. The van der Waals surface area contributed by atoms with Crippen LogP contribution in [0.5, 0.6) is 0 Å². The molecule has 0 spiro atoms. The summed E-state index contributed by atoms with van der Waals surface area (Å²) >= 11 is 0. The summed E-state index contributed by atoms with van der Waals surface area (Å²) < 4.78 is 5.18. The molecule has 0 aliphatic carbocycles. The molecule has 0 aliphatic rings. The molecule has 1 aromatic heterocycles. The highest BCUT2D eigenvalue weighted by atomic mass is 16.4. The van der Waals surface area contributed by atoms with E-state index in [9.17, 15) is 4.79 Å². The van der Waals surface area contributed by atoms with Gasteiger partial charge in [-0.25, -0.2) is 4.79 Å². The molecule has 1 heterocycles. The molecule has 4 nitrogen and oxygen atoms in total. The number of aromatic carboxylic acids is 1.